The van der Waals surface area contributed by atoms with Crippen LogP contribution < -0.4 is 5.32 Å². The van der Waals surface area contributed by atoms with Gasteiger partial charge in [-0.15, -0.1) is 0 Å². The minimum Gasteiger partial charge on any atom is -0.332 e. The quantitative estimate of drug-likeness (QED) is 0.754. The highest BCUT2D eigenvalue weighted by molar-refractivity contribution is 7.92. The molecule has 0 unspecified atom stereocenters. The molecule has 0 bridgehead atoms. The van der Waals surface area contributed by atoms with E-state index in [1.165, 1.54) is 12.1 Å². The van der Waals surface area contributed by atoms with Crippen LogP contribution in [0.3, 0.4) is 0 Å². The van der Waals surface area contributed by atoms with Crippen molar-refractivity contribution in [3.63, 3.8) is 0 Å². The Kier molecular flexibility index (Phi) is 6.05. The zero-order chi connectivity index (χ0) is 18.8. The maximum Gasteiger partial charge on any atom is 0.252 e. The number of nitrogens with one attached hydrogen (secondary N) is 1. The predicted molar refractivity (Wildman–Crippen MR) is 101 cm³/mol. The van der Waals surface area contributed by atoms with Crippen molar-refractivity contribution in [3.8, 4) is 0 Å². The number of halogens is 3. The van der Waals surface area contributed by atoms with Crippen molar-refractivity contribution in [2.24, 2.45) is 0 Å². The van der Waals surface area contributed by atoms with Gasteiger partial charge in [-0.1, -0.05) is 70.2 Å². The van der Waals surface area contributed by atoms with Gasteiger partial charge in [0.1, 0.15) is 0 Å². The van der Waals surface area contributed by atoms with Crippen LogP contribution in [0.15, 0.2) is 53.4 Å². The lowest BCUT2D eigenvalue weighted by Gasteiger charge is -2.25. The number of carbonyl (C=O) groups excluding carboxylic acids is 1. The van der Waals surface area contributed by atoms with Gasteiger partial charge in [0.25, 0.3) is 5.91 Å². The van der Waals surface area contributed by atoms with Crippen LogP contribution in [0.4, 0.5) is 0 Å². The molecule has 2 aromatic carbocycles. The number of hydrogen-bond acceptors (Lipinski definition) is 3. The first-order valence-electron chi connectivity index (χ1n) is 7.26. The van der Waals surface area contributed by atoms with Crippen molar-refractivity contribution in [1.82, 2.24) is 5.32 Å². The molecule has 0 aliphatic rings. The van der Waals surface area contributed by atoms with Crippen molar-refractivity contribution >= 4 is 50.5 Å². The Labute approximate surface area is 162 Å². The number of carbonyl (C=O) groups is 1. The fourth-order valence-corrected chi connectivity index (χ4v) is 4.73. The summed E-state index contributed by atoms with van der Waals surface area (Å²) in [6, 6.07) is 12.7. The standard InChI is InChI=1S/C17H16Cl3NO3S/c1-11-3-7-13(8-4-11)15(22)21-16(17(18,19)20)25(23,24)14-9-5-12(2)6-10-14/h3-10,16H,1-2H3,(H,21,22)/t16-/m1/s1. The first-order valence-corrected chi connectivity index (χ1v) is 9.94. The average molecular weight is 421 g/mol. The van der Waals surface area contributed by atoms with Gasteiger partial charge >= 0.3 is 0 Å². The minimum absolute atomic E-state index is 0.0429. The highest BCUT2D eigenvalue weighted by Gasteiger charge is 2.44. The van der Waals surface area contributed by atoms with Crippen LogP contribution in [0.1, 0.15) is 21.5 Å². The molecule has 1 N–H and O–H groups in total. The summed E-state index contributed by atoms with van der Waals surface area (Å²) >= 11 is 17.6. The van der Waals surface area contributed by atoms with E-state index in [0.29, 0.717) is 0 Å². The molecule has 2 aromatic rings. The SMILES string of the molecule is Cc1ccc(C(=O)N[C@@H](C(Cl)(Cl)Cl)S(=O)(=O)c2ccc(C)cc2)cc1. The first-order chi connectivity index (χ1) is 11.5. The molecule has 8 heteroatoms. The lowest BCUT2D eigenvalue weighted by atomic mass is 10.1. The number of hydrogen-bond donors (Lipinski definition) is 1. The van der Waals surface area contributed by atoms with E-state index < -0.39 is 24.9 Å². The number of alkyl halides is 3. The average Bonchev–Trinajstić information content (AvgIpc) is 2.52. The molecule has 1 atom stereocenters. The molecule has 0 aliphatic carbocycles. The third-order valence-electron chi connectivity index (χ3n) is 3.53. The maximum atomic E-state index is 12.8. The Balaban J connectivity index is 2.38. The highest BCUT2D eigenvalue weighted by atomic mass is 35.6. The summed E-state index contributed by atoms with van der Waals surface area (Å²) < 4.78 is 23.4. The van der Waals surface area contributed by atoms with E-state index in [4.69, 9.17) is 34.8 Å². The van der Waals surface area contributed by atoms with Gasteiger partial charge in [0.05, 0.1) is 4.90 Å². The smallest absolute Gasteiger partial charge is 0.252 e. The van der Waals surface area contributed by atoms with Crippen LogP contribution in [0, 0.1) is 13.8 Å². The molecule has 1 amide bonds. The van der Waals surface area contributed by atoms with Crippen molar-refractivity contribution in [2.75, 3.05) is 0 Å². The van der Waals surface area contributed by atoms with E-state index in [-0.39, 0.29) is 10.5 Å². The van der Waals surface area contributed by atoms with E-state index in [9.17, 15) is 13.2 Å². The van der Waals surface area contributed by atoms with E-state index in [1.807, 2.05) is 13.8 Å². The minimum atomic E-state index is -4.11. The molecule has 0 saturated carbocycles. The van der Waals surface area contributed by atoms with Gasteiger partial charge in [-0.2, -0.15) is 0 Å². The Bertz CT molecular complexity index is 858. The van der Waals surface area contributed by atoms with E-state index in [0.717, 1.165) is 11.1 Å². The number of rotatable bonds is 4. The lowest BCUT2D eigenvalue weighted by Crippen LogP contribution is -2.49. The molecule has 2 rings (SSSR count). The second kappa shape index (κ2) is 7.54. The summed E-state index contributed by atoms with van der Waals surface area (Å²) in [5, 5.41) is 0.589. The Hall–Kier alpha value is -1.27. The van der Waals surface area contributed by atoms with Crippen LogP contribution >= 0.6 is 34.8 Å². The fourth-order valence-electron chi connectivity index (χ4n) is 2.11. The summed E-state index contributed by atoms with van der Waals surface area (Å²) in [7, 11) is -4.11. The molecule has 0 aliphatic heterocycles. The van der Waals surface area contributed by atoms with E-state index >= 15 is 0 Å². The molecule has 0 aromatic heterocycles. The summed E-state index contributed by atoms with van der Waals surface area (Å²) in [5.41, 5.74) is 2.11. The Morgan fingerprint density at radius 3 is 1.80 bits per heavy atom. The summed E-state index contributed by atoms with van der Waals surface area (Å²) in [6.45, 7) is 3.69. The zero-order valence-corrected chi connectivity index (χ0v) is 16.5. The van der Waals surface area contributed by atoms with Crippen molar-refractivity contribution < 1.29 is 13.2 Å². The normalized spacial score (nSPS) is 13.3. The topological polar surface area (TPSA) is 63.2 Å². The molecular weight excluding hydrogens is 405 g/mol. The van der Waals surface area contributed by atoms with Crippen LogP contribution in [0.2, 0.25) is 0 Å². The van der Waals surface area contributed by atoms with Gasteiger partial charge in [0.15, 0.2) is 5.37 Å². The number of benzene rings is 2. The lowest BCUT2D eigenvalue weighted by molar-refractivity contribution is 0.0948. The van der Waals surface area contributed by atoms with Crippen LogP contribution in [-0.2, 0) is 9.84 Å². The number of aryl methyl sites for hydroxylation is 2. The van der Waals surface area contributed by atoms with Gasteiger partial charge in [-0.25, -0.2) is 8.42 Å². The fraction of sp³-hybridized carbons (Fsp3) is 0.235. The molecule has 4 nitrogen and oxygen atoms in total. The van der Waals surface area contributed by atoms with E-state index in [2.05, 4.69) is 5.32 Å². The molecule has 0 spiro atoms. The van der Waals surface area contributed by atoms with Gasteiger partial charge in [0, 0.05) is 5.56 Å². The summed E-state index contributed by atoms with van der Waals surface area (Å²) in [4.78, 5) is 12.4. The van der Waals surface area contributed by atoms with Gasteiger partial charge in [-0.05, 0) is 38.1 Å². The number of sulfone groups is 1. The van der Waals surface area contributed by atoms with E-state index in [1.54, 1.807) is 36.4 Å². The largest absolute Gasteiger partial charge is 0.332 e. The molecule has 0 radical (unpaired) electrons. The van der Waals surface area contributed by atoms with Gasteiger partial charge in [-0.3, -0.25) is 4.79 Å². The monoisotopic (exact) mass is 419 g/mol. The maximum absolute atomic E-state index is 12.8. The Morgan fingerprint density at radius 1 is 0.920 bits per heavy atom. The third kappa shape index (κ3) is 4.88. The molecular formula is C17H16Cl3NO3S. The molecule has 25 heavy (non-hydrogen) atoms. The van der Waals surface area contributed by atoms with Crippen molar-refractivity contribution in [1.29, 1.82) is 0 Å². The molecule has 0 heterocycles. The number of amides is 1. The predicted octanol–water partition coefficient (Wildman–Crippen LogP) is 4.20. The van der Waals surface area contributed by atoms with Crippen molar-refractivity contribution in [2.45, 2.75) is 27.9 Å². The molecule has 0 fully saturated rings. The van der Waals surface area contributed by atoms with Crippen LogP contribution in [0.25, 0.3) is 0 Å². The summed E-state index contributed by atoms with van der Waals surface area (Å²) in [6.07, 6.45) is 0. The van der Waals surface area contributed by atoms with Crippen LogP contribution in [0.5, 0.6) is 0 Å². The Morgan fingerprint density at radius 2 is 1.36 bits per heavy atom. The third-order valence-corrected chi connectivity index (χ3v) is 6.60. The van der Waals surface area contributed by atoms with Gasteiger partial charge < -0.3 is 5.32 Å². The summed E-state index contributed by atoms with van der Waals surface area (Å²) in [5.74, 6) is -0.646. The molecule has 0 saturated heterocycles. The van der Waals surface area contributed by atoms with Gasteiger partial charge in [0.2, 0.25) is 13.6 Å². The first kappa shape index (κ1) is 20.0. The molecule has 134 valence electrons. The van der Waals surface area contributed by atoms with Crippen molar-refractivity contribution in [3.05, 3.63) is 65.2 Å². The second-order valence-electron chi connectivity index (χ2n) is 5.62. The zero-order valence-electron chi connectivity index (χ0n) is 13.5. The van der Waals surface area contributed by atoms with Crippen LogP contribution in [-0.4, -0.2) is 23.5 Å². The second-order valence-corrected chi connectivity index (χ2v) is 10.0. The highest BCUT2D eigenvalue weighted by Crippen LogP contribution is 2.36.